The predicted octanol–water partition coefficient (Wildman–Crippen LogP) is 1.45. The van der Waals surface area contributed by atoms with Gasteiger partial charge in [-0.15, -0.1) is 0 Å². The number of carbonyl (C=O) groups excluding carboxylic acids is 1. The fourth-order valence-corrected chi connectivity index (χ4v) is 1.24. The Labute approximate surface area is 109 Å². The lowest BCUT2D eigenvalue weighted by Gasteiger charge is -2.08. The number of hydrogen-bond donors (Lipinski definition) is 2. The van der Waals surface area contributed by atoms with Crippen molar-refractivity contribution >= 4 is 12.0 Å². The highest BCUT2D eigenvalue weighted by atomic mass is 19.3. The van der Waals surface area contributed by atoms with Crippen LogP contribution in [0.15, 0.2) is 30.3 Å². The molecule has 1 rings (SSSR count). The molecule has 0 bridgehead atoms. The summed E-state index contributed by atoms with van der Waals surface area (Å²) >= 11 is 0. The van der Waals surface area contributed by atoms with Crippen LogP contribution >= 0.6 is 0 Å². The molecule has 1 unspecified atom stereocenters. The Balaban J connectivity index is 2.44. The normalized spacial score (nSPS) is 12.7. The topological polar surface area (TPSA) is 58.6 Å². The molecule has 19 heavy (non-hydrogen) atoms. The maximum atomic E-state index is 12.0. The van der Waals surface area contributed by atoms with Crippen molar-refractivity contribution in [3.05, 3.63) is 35.9 Å². The summed E-state index contributed by atoms with van der Waals surface area (Å²) < 4.78 is 28.9. The third-order valence-corrected chi connectivity index (χ3v) is 2.32. The SMILES string of the molecule is COc1ccc(/C=C/C(=O)NCC(O)C(F)F)cc1. The highest BCUT2D eigenvalue weighted by Gasteiger charge is 2.16. The molecule has 1 aromatic carbocycles. The molecule has 2 N–H and O–H groups in total. The lowest BCUT2D eigenvalue weighted by atomic mass is 10.2. The number of aliphatic hydroxyl groups excluding tert-OH is 1. The molecule has 0 saturated heterocycles. The van der Waals surface area contributed by atoms with Gasteiger partial charge < -0.3 is 15.2 Å². The van der Waals surface area contributed by atoms with Gasteiger partial charge in [-0.1, -0.05) is 12.1 Å². The Morgan fingerprint density at radius 3 is 2.58 bits per heavy atom. The van der Waals surface area contributed by atoms with Crippen molar-refractivity contribution in [1.82, 2.24) is 5.32 Å². The zero-order valence-corrected chi connectivity index (χ0v) is 10.3. The summed E-state index contributed by atoms with van der Waals surface area (Å²) in [5.74, 6) is 0.150. The molecule has 0 aliphatic rings. The summed E-state index contributed by atoms with van der Waals surface area (Å²) in [5.41, 5.74) is 0.769. The maximum absolute atomic E-state index is 12.0. The minimum Gasteiger partial charge on any atom is -0.497 e. The molecule has 0 aliphatic heterocycles. The van der Waals surface area contributed by atoms with Gasteiger partial charge in [0.25, 0.3) is 6.43 Å². The number of alkyl halides is 2. The van der Waals surface area contributed by atoms with Crippen molar-refractivity contribution in [1.29, 1.82) is 0 Å². The van der Waals surface area contributed by atoms with Crippen molar-refractivity contribution in [2.75, 3.05) is 13.7 Å². The summed E-state index contributed by atoms with van der Waals surface area (Å²) in [7, 11) is 1.55. The van der Waals surface area contributed by atoms with Gasteiger partial charge in [-0.2, -0.15) is 0 Å². The van der Waals surface area contributed by atoms with E-state index in [1.165, 1.54) is 12.2 Å². The van der Waals surface area contributed by atoms with Gasteiger partial charge >= 0.3 is 0 Å². The van der Waals surface area contributed by atoms with Crippen LogP contribution in [0.4, 0.5) is 8.78 Å². The number of benzene rings is 1. The molecular weight excluding hydrogens is 256 g/mol. The van der Waals surface area contributed by atoms with Gasteiger partial charge in [0.2, 0.25) is 5.91 Å². The van der Waals surface area contributed by atoms with E-state index in [0.717, 1.165) is 5.56 Å². The second-order valence-electron chi connectivity index (χ2n) is 3.75. The first-order valence-electron chi connectivity index (χ1n) is 5.59. The zero-order valence-electron chi connectivity index (χ0n) is 10.3. The Morgan fingerprint density at radius 1 is 1.42 bits per heavy atom. The molecule has 104 valence electrons. The van der Waals surface area contributed by atoms with E-state index in [2.05, 4.69) is 5.32 Å². The average Bonchev–Trinajstić information content (AvgIpc) is 2.42. The molecular formula is C13H15F2NO3. The van der Waals surface area contributed by atoms with E-state index in [-0.39, 0.29) is 0 Å². The first-order valence-corrected chi connectivity index (χ1v) is 5.59. The quantitative estimate of drug-likeness (QED) is 0.770. The summed E-state index contributed by atoms with van der Waals surface area (Å²) in [4.78, 5) is 11.3. The molecule has 0 aliphatic carbocycles. The van der Waals surface area contributed by atoms with Crippen LogP contribution < -0.4 is 10.1 Å². The van der Waals surface area contributed by atoms with Gasteiger partial charge in [-0.05, 0) is 23.8 Å². The van der Waals surface area contributed by atoms with E-state index < -0.39 is 25.0 Å². The lowest BCUT2D eigenvalue weighted by Crippen LogP contribution is -2.34. The molecule has 6 heteroatoms. The van der Waals surface area contributed by atoms with Crippen LogP contribution in [0.25, 0.3) is 6.08 Å². The first kappa shape index (κ1) is 15.1. The third kappa shape index (κ3) is 5.48. The largest absolute Gasteiger partial charge is 0.497 e. The zero-order chi connectivity index (χ0) is 14.3. The monoisotopic (exact) mass is 271 g/mol. The Morgan fingerprint density at radius 2 is 2.05 bits per heavy atom. The molecule has 0 spiro atoms. The average molecular weight is 271 g/mol. The van der Waals surface area contributed by atoms with Gasteiger partial charge in [0.05, 0.1) is 7.11 Å². The van der Waals surface area contributed by atoms with Gasteiger partial charge in [0.15, 0.2) is 0 Å². The van der Waals surface area contributed by atoms with Gasteiger partial charge in [-0.3, -0.25) is 4.79 Å². The number of amides is 1. The van der Waals surface area contributed by atoms with Crippen LogP contribution in [0, 0.1) is 0 Å². The van der Waals surface area contributed by atoms with Crippen molar-refractivity contribution in [2.45, 2.75) is 12.5 Å². The van der Waals surface area contributed by atoms with Crippen molar-refractivity contribution in [2.24, 2.45) is 0 Å². The number of carbonyl (C=O) groups is 1. The number of nitrogens with one attached hydrogen (secondary N) is 1. The standard InChI is InChI=1S/C13H15F2NO3/c1-19-10-5-2-9(3-6-10)4-7-12(18)16-8-11(17)13(14)15/h2-7,11,13,17H,8H2,1H3,(H,16,18)/b7-4+. The number of aliphatic hydroxyl groups is 1. The minimum absolute atomic E-state index is 0.483. The summed E-state index contributed by atoms with van der Waals surface area (Å²) in [6.07, 6.45) is -1.98. The molecule has 1 amide bonds. The van der Waals surface area contributed by atoms with Gasteiger partial charge in [-0.25, -0.2) is 8.78 Å². The van der Waals surface area contributed by atoms with E-state index in [9.17, 15) is 13.6 Å². The molecule has 1 aromatic rings. The van der Waals surface area contributed by atoms with Crippen LogP contribution in [0.5, 0.6) is 5.75 Å². The smallest absolute Gasteiger partial charge is 0.265 e. The highest BCUT2D eigenvalue weighted by molar-refractivity contribution is 5.91. The summed E-state index contributed by atoms with van der Waals surface area (Å²) in [5, 5.41) is 11.0. The Bertz CT molecular complexity index is 432. The summed E-state index contributed by atoms with van der Waals surface area (Å²) in [6.45, 7) is -0.483. The molecule has 0 radical (unpaired) electrons. The van der Waals surface area contributed by atoms with Crippen molar-refractivity contribution in [3.8, 4) is 5.75 Å². The molecule has 0 saturated carbocycles. The van der Waals surface area contributed by atoms with Crippen molar-refractivity contribution < 1.29 is 23.4 Å². The van der Waals surface area contributed by atoms with Crippen LogP contribution in [-0.4, -0.2) is 37.2 Å². The van der Waals surface area contributed by atoms with Crippen LogP contribution in [-0.2, 0) is 4.79 Å². The van der Waals surface area contributed by atoms with Crippen LogP contribution in [0.3, 0.4) is 0 Å². The Kier molecular flexibility index (Phi) is 5.95. The molecule has 0 fully saturated rings. The summed E-state index contributed by atoms with van der Waals surface area (Å²) in [6, 6.07) is 6.96. The minimum atomic E-state index is -2.87. The highest BCUT2D eigenvalue weighted by Crippen LogP contribution is 2.12. The van der Waals surface area contributed by atoms with Gasteiger partial charge in [0.1, 0.15) is 11.9 Å². The van der Waals surface area contributed by atoms with Gasteiger partial charge in [0, 0.05) is 12.6 Å². The van der Waals surface area contributed by atoms with Crippen LogP contribution in [0.2, 0.25) is 0 Å². The first-order chi connectivity index (χ1) is 9.02. The number of methoxy groups -OCH3 is 1. The second-order valence-corrected chi connectivity index (χ2v) is 3.75. The number of rotatable bonds is 6. The fraction of sp³-hybridized carbons (Fsp3) is 0.308. The van der Waals surface area contributed by atoms with E-state index in [0.29, 0.717) is 5.75 Å². The second kappa shape index (κ2) is 7.48. The van der Waals surface area contributed by atoms with E-state index in [1.54, 1.807) is 31.4 Å². The number of hydrogen-bond acceptors (Lipinski definition) is 3. The van der Waals surface area contributed by atoms with E-state index in [1.807, 2.05) is 0 Å². The maximum Gasteiger partial charge on any atom is 0.265 e. The fourth-order valence-electron chi connectivity index (χ4n) is 1.24. The van der Waals surface area contributed by atoms with E-state index in [4.69, 9.17) is 9.84 Å². The van der Waals surface area contributed by atoms with Crippen molar-refractivity contribution in [3.63, 3.8) is 0 Å². The number of ether oxygens (including phenoxy) is 1. The Hall–Kier alpha value is -1.95. The lowest BCUT2D eigenvalue weighted by molar-refractivity contribution is -0.117. The molecule has 4 nitrogen and oxygen atoms in total. The van der Waals surface area contributed by atoms with E-state index >= 15 is 0 Å². The molecule has 0 aromatic heterocycles. The predicted molar refractivity (Wildman–Crippen MR) is 67.0 cm³/mol. The third-order valence-electron chi connectivity index (χ3n) is 2.32. The number of halogens is 2. The molecule has 0 heterocycles. The van der Waals surface area contributed by atoms with Crippen LogP contribution in [0.1, 0.15) is 5.56 Å². The molecule has 1 atom stereocenters.